The van der Waals surface area contributed by atoms with Gasteiger partial charge in [0, 0.05) is 6.04 Å². The van der Waals surface area contributed by atoms with Gasteiger partial charge in [0.2, 0.25) is 11.7 Å². The summed E-state index contributed by atoms with van der Waals surface area (Å²) in [7, 11) is 0. The van der Waals surface area contributed by atoms with Crippen molar-refractivity contribution < 1.29 is 19.1 Å². The predicted molar refractivity (Wildman–Crippen MR) is 69.8 cm³/mol. The number of thioether (sulfide) groups is 1. The van der Waals surface area contributed by atoms with Crippen LogP contribution in [0.15, 0.2) is 16.5 Å². The van der Waals surface area contributed by atoms with Crippen LogP contribution in [0.2, 0.25) is 0 Å². The van der Waals surface area contributed by atoms with Crippen molar-refractivity contribution in [2.75, 3.05) is 5.75 Å². The number of carbonyl (C=O) groups excluding carboxylic acids is 1. The minimum Gasteiger partial charge on any atom is -0.475 e. The van der Waals surface area contributed by atoms with Crippen LogP contribution in [0.4, 0.5) is 0 Å². The third-order valence-electron chi connectivity index (χ3n) is 2.15. The maximum atomic E-state index is 11.4. The molecule has 1 unspecified atom stereocenters. The van der Waals surface area contributed by atoms with Crippen LogP contribution in [0, 0.1) is 0 Å². The van der Waals surface area contributed by atoms with Gasteiger partial charge in [0.15, 0.2) is 0 Å². The van der Waals surface area contributed by atoms with Crippen molar-refractivity contribution in [1.82, 2.24) is 5.32 Å². The molecule has 1 aromatic rings. The maximum Gasteiger partial charge on any atom is 0.371 e. The summed E-state index contributed by atoms with van der Waals surface area (Å²) in [6.07, 6.45) is 0. The van der Waals surface area contributed by atoms with E-state index in [2.05, 4.69) is 5.32 Å². The molecule has 1 atom stereocenters. The molecule has 0 fully saturated rings. The van der Waals surface area contributed by atoms with Crippen molar-refractivity contribution in [3.8, 4) is 0 Å². The van der Waals surface area contributed by atoms with Crippen LogP contribution in [-0.4, -0.2) is 28.8 Å². The highest BCUT2D eigenvalue weighted by atomic mass is 32.2. The first kappa shape index (κ1) is 14.6. The molecule has 5 nitrogen and oxygen atoms in total. The monoisotopic (exact) mass is 271 g/mol. The molecule has 2 N–H and O–H groups in total. The normalized spacial score (nSPS) is 12.4. The summed E-state index contributed by atoms with van der Waals surface area (Å²) in [6.45, 7) is 5.67. The molecule has 18 heavy (non-hydrogen) atoms. The number of carboxylic acid groups (broad SMARTS) is 1. The number of nitrogens with one attached hydrogen (secondary N) is 1. The number of carbonyl (C=O) groups is 2. The minimum absolute atomic E-state index is 0.0353. The number of carboxylic acids is 1. The molecule has 0 aliphatic heterocycles. The van der Waals surface area contributed by atoms with Gasteiger partial charge in [-0.2, -0.15) is 0 Å². The summed E-state index contributed by atoms with van der Waals surface area (Å²) < 4.78 is 5.17. The first-order chi connectivity index (χ1) is 8.40. The fourth-order valence-corrected chi connectivity index (χ4v) is 2.11. The minimum atomic E-state index is -1.09. The first-order valence-electron chi connectivity index (χ1n) is 5.64. The van der Waals surface area contributed by atoms with Crippen LogP contribution in [0.1, 0.15) is 42.3 Å². The summed E-state index contributed by atoms with van der Waals surface area (Å²) >= 11 is 1.41. The van der Waals surface area contributed by atoms with E-state index in [4.69, 9.17) is 9.52 Å². The second-order valence-electron chi connectivity index (χ2n) is 4.18. The quantitative estimate of drug-likeness (QED) is 0.830. The van der Waals surface area contributed by atoms with Gasteiger partial charge >= 0.3 is 5.97 Å². The highest BCUT2D eigenvalue weighted by molar-refractivity contribution is 8.00. The Morgan fingerprint density at radius 1 is 1.39 bits per heavy atom. The number of rotatable bonds is 6. The lowest BCUT2D eigenvalue weighted by molar-refractivity contribution is -0.119. The highest BCUT2D eigenvalue weighted by Crippen LogP contribution is 2.29. The molecule has 100 valence electrons. The number of hydrogen-bond donors (Lipinski definition) is 2. The Bertz CT molecular complexity index is 427. The lowest BCUT2D eigenvalue weighted by Gasteiger charge is -2.10. The summed E-state index contributed by atoms with van der Waals surface area (Å²) in [5, 5.41) is 11.5. The van der Waals surface area contributed by atoms with E-state index in [1.54, 1.807) is 6.07 Å². The van der Waals surface area contributed by atoms with Gasteiger partial charge in [0.05, 0.1) is 11.0 Å². The number of furan rings is 1. The van der Waals surface area contributed by atoms with Crippen molar-refractivity contribution in [2.24, 2.45) is 0 Å². The third kappa shape index (κ3) is 4.44. The van der Waals surface area contributed by atoms with Gasteiger partial charge in [0.25, 0.3) is 0 Å². The van der Waals surface area contributed by atoms with E-state index in [1.807, 2.05) is 20.8 Å². The van der Waals surface area contributed by atoms with Crippen LogP contribution in [0.3, 0.4) is 0 Å². The lowest BCUT2D eigenvalue weighted by Crippen LogP contribution is -2.31. The molecular formula is C12H17NO4S. The van der Waals surface area contributed by atoms with Gasteiger partial charge in [-0.05, 0) is 32.9 Å². The van der Waals surface area contributed by atoms with E-state index < -0.39 is 5.97 Å². The Hall–Kier alpha value is -1.43. The van der Waals surface area contributed by atoms with E-state index in [9.17, 15) is 9.59 Å². The van der Waals surface area contributed by atoms with E-state index in [0.717, 1.165) is 0 Å². The largest absolute Gasteiger partial charge is 0.475 e. The average Bonchev–Trinajstić information content (AvgIpc) is 2.74. The number of hydrogen-bond acceptors (Lipinski definition) is 4. The third-order valence-corrected chi connectivity index (χ3v) is 3.31. The molecular weight excluding hydrogens is 254 g/mol. The van der Waals surface area contributed by atoms with Gasteiger partial charge in [-0.25, -0.2) is 4.79 Å². The molecule has 1 aromatic heterocycles. The second-order valence-corrected chi connectivity index (χ2v) is 5.51. The van der Waals surface area contributed by atoms with Crippen LogP contribution in [0.25, 0.3) is 0 Å². The summed E-state index contributed by atoms with van der Waals surface area (Å²) in [5.41, 5.74) is 0. The molecule has 0 saturated carbocycles. The Morgan fingerprint density at radius 2 is 2.06 bits per heavy atom. The first-order valence-corrected chi connectivity index (χ1v) is 6.69. The van der Waals surface area contributed by atoms with Crippen LogP contribution in [0.5, 0.6) is 0 Å². The van der Waals surface area contributed by atoms with Crippen molar-refractivity contribution in [3.63, 3.8) is 0 Å². The molecule has 0 aliphatic carbocycles. The van der Waals surface area contributed by atoms with Gasteiger partial charge in [-0.15, -0.1) is 11.8 Å². The maximum absolute atomic E-state index is 11.4. The molecule has 0 radical (unpaired) electrons. The molecule has 0 bridgehead atoms. The van der Waals surface area contributed by atoms with E-state index in [-0.39, 0.29) is 23.0 Å². The number of aromatic carboxylic acids is 1. The average molecular weight is 271 g/mol. The predicted octanol–water partition coefficient (Wildman–Crippen LogP) is 2.30. The number of amides is 1. The SMILES string of the molecule is CC(C)NC(=O)CSC(C)c1ccc(C(=O)O)o1. The molecule has 1 heterocycles. The van der Waals surface area contributed by atoms with Crippen molar-refractivity contribution in [1.29, 1.82) is 0 Å². The summed E-state index contributed by atoms with van der Waals surface area (Å²) in [5.74, 6) is -0.315. The Kier molecular flexibility index (Phi) is 5.27. The van der Waals surface area contributed by atoms with E-state index in [0.29, 0.717) is 11.5 Å². The fraction of sp³-hybridized carbons (Fsp3) is 0.500. The molecule has 1 rings (SSSR count). The Morgan fingerprint density at radius 3 is 2.56 bits per heavy atom. The zero-order valence-electron chi connectivity index (χ0n) is 10.6. The molecule has 0 spiro atoms. The topological polar surface area (TPSA) is 79.5 Å². The van der Waals surface area contributed by atoms with Crippen molar-refractivity contribution >= 4 is 23.6 Å². The smallest absolute Gasteiger partial charge is 0.371 e. The van der Waals surface area contributed by atoms with Crippen LogP contribution >= 0.6 is 11.8 Å². The molecule has 0 saturated heterocycles. The standard InChI is InChI=1S/C12H17NO4S/c1-7(2)13-11(14)6-18-8(3)9-4-5-10(17-9)12(15)16/h4-5,7-8H,6H2,1-3H3,(H,13,14)(H,15,16). The molecule has 1 amide bonds. The van der Waals surface area contributed by atoms with Gasteiger partial charge in [-0.3, -0.25) is 4.79 Å². The highest BCUT2D eigenvalue weighted by Gasteiger charge is 2.15. The van der Waals surface area contributed by atoms with Crippen molar-refractivity contribution in [2.45, 2.75) is 32.1 Å². The molecule has 6 heteroatoms. The van der Waals surface area contributed by atoms with Gasteiger partial charge in [0.1, 0.15) is 5.76 Å². The zero-order valence-corrected chi connectivity index (χ0v) is 11.4. The molecule has 0 aliphatic rings. The lowest BCUT2D eigenvalue weighted by atomic mass is 10.3. The fourth-order valence-electron chi connectivity index (χ4n) is 1.33. The summed E-state index contributed by atoms with van der Waals surface area (Å²) in [6, 6.07) is 3.17. The summed E-state index contributed by atoms with van der Waals surface area (Å²) in [4.78, 5) is 22.1. The van der Waals surface area contributed by atoms with Gasteiger partial charge < -0.3 is 14.8 Å². The Labute approximate surface area is 110 Å². The van der Waals surface area contributed by atoms with Gasteiger partial charge in [-0.1, -0.05) is 0 Å². The second kappa shape index (κ2) is 6.49. The molecule has 0 aromatic carbocycles. The van der Waals surface area contributed by atoms with Crippen molar-refractivity contribution in [3.05, 3.63) is 23.7 Å². The van der Waals surface area contributed by atoms with E-state index in [1.165, 1.54) is 17.8 Å². The zero-order chi connectivity index (χ0) is 13.7. The Balaban J connectivity index is 2.47. The van der Waals surface area contributed by atoms with Crippen LogP contribution < -0.4 is 5.32 Å². The van der Waals surface area contributed by atoms with Crippen LogP contribution in [-0.2, 0) is 4.79 Å². The van der Waals surface area contributed by atoms with E-state index >= 15 is 0 Å².